The number of likely N-dealkylation sites (N-methyl/N-ethyl adjacent to an activating group) is 1. The largest absolute Gasteiger partial charge is 0.496 e. The molecule has 2 aromatic rings. The number of para-hydroxylation sites is 1. The highest BCUT2D eigenvalue weighted by Crippen LogP contribution is 2.51. The lowest BCUT2D eigenvalue weighted by atomic mass is 9.80. The number of benzene rings is 2. The molecule has 0 unspecified atom stereocenters. The first-order valence-electron chi connectivity index (χ1n) is 7.18. The Bertz CT molecular complexity index is 715. The Morgan fingerprint density at radius 2 is 1.67 bits per heavy atom. The monoisotopic (exact) mass is 279 g/mol. The molecule has 0 radical (unpaired) electrons. The van der Waals surface area contributed by atoms with Gasteiger partial charge in [-0.25, -0.2) is 0 Å². The van der Waals surface area contributed by atoms with Crippen molar-refractivity contribution >= 4 is 5.69 Å². The van der Waals surface area contributed by atoms with Gasteiger partial charge >= 0.3 is 0 Å². The summed E-state index contributed by atoms with van der Waals surface area (Å²) < 4.78 is 5.55. The summed E-state index contributed by atoms with van der Waals surface area (Å²) in [7, 11) is 3.81. The van der Waals surface area contributed by atoms with Gasteiger partial charge in [0.05, 0.1) is 7.11 Å². The third kappa shape index (κ3) is 1.86. The molecule has 0 amide bonds. The fourth-order valence-electron chi connectivity index (χ4n) is 3.28. The maximum Gasteiger partial charge on any atom is 0.126 e. The van der Waals surface area contributed by atoms with Crippen molar-refractivity contribution in [2.75, 3.05) is 19.1 Å². The van der Waals surface area contributed by atoms with Gasteiger partial charge in [-0.05, 0) is 23.3 Å². The fourth-order valence-corrected chi connectivity index (χ4v) is 3.28. The van der Waals surface area contributed by atoms with Gasteiger partial charge in [0, 0.05) is 29.4 Å². The van der Waals surface area contributed by atoms with E-state index in [0.717, 1.165) is 17.0 Å². The standard InChI is InChI=1S/C19H21NO/c1-13-19(2,3)18-15(10-8-11-16(18)20(13)4)14-9-6-7-12-17(14)21-5/h6-12H,1H2,2-5H3. The lowest BCUT2D eigenvalue weighted by Crippen LogP contribution is -2.21. The molecular formula is C19H21NO. The van der Waals surface area contributed by atoms with Crippen molar-refractivity contribution in [3.8, 4) is 16.9 Å². The predicted octanol–water partition coefficient (Wildman–Crippen LogP) is 4.60. The number of ether oxygens (including phenoxy) is 1. The summed E-state index contributed by atoms with van der Waals surface area (Å²) in [4.78, 5) is 2.19. The minimum Gasteiger partial charge on any atom is -0.496 e. The molecule has 2 aromatic carbocycles. The van der Waals surface area contributed by atoms with Crippen LogP contribution in [0.1, 0.15) is 19.4 Å². The minimum absolute atomic E-state index is 0.0818. The van der Waals surface area contributed by atoms with E-state index in [-0.39, 0.29) is 5.41 Å². The van der Waals surface area contributed by atoms with Crippen LogP contribution in [-0.4, -0.2) is 14.2 Å². The smallest absolute Gasteiger partial charge is 0.126 e. The molecule has 3 rings (SSSR count). The molecule has 0 spiro atoms. The minimum atomic E-state index is -0.0818. The van der Waals surface area contributed by atoms with E-state index in [1.165, 1.54) is 16.8 Å². The lowest BCUT2D eigenvalue weighted by molar-refractivity contribution is 0.416. The van der Waals surface area contributed by atoms with Gasteiger partial charge in [-0.15, -0.1) is 0 Å². The molecular weight excluding hydrogens is 258 g/mol. The van der Waals surface area contributed by atoms with Crippen molar-refractivity contribution in [1.29, 1.82) is 0 Å². The highest BCUT2D eigenvalue weighted by Gasteiger charge is 2.39. The molecule has 1 aliphatic rings. The second-order valence-electron chi connectivity index (χ2n) is 6.03. The van der Waals surface area contributed by atoms with Gasteiger partial charge in [0.25, 0.3) is 0 Å². The number of fused-ring (bicyclic) bond motifs is 1. The molecule has 1 aliphatic heterocycles. The molecule has 0 bridgehead atoms. The number of hydrogen-bond acceptors (Lipinski definition) is 2. The Labute approximate surface area is 126 Å². The summed E-state index contributed by atoms with van der Waals surface area (Å²) in [6.07, 6.45) is 0. The summed E-state index contributed by atoms with van der Waals surface area (Å²) in [6, 6.07) is 14.6. The quantitative estimate of drug-likeness (QED) is 0.796. The number of nitrogens with zero attached hydrogens (tertiary/aromatic N) is 1. The highest BCUT2D eigenvalue weighted by molar-refractivity contribution is 5.84. The fraction of sp³-hybridized carbons (Fsp3) is 0.263. The van der Waals surface area contributed by atoms with Crippen LogP contribution in [-0.2, 0) is 5.41 Å². The molecule has 0 aromatic heterocycles. The number of allylic oxidation sites excluding steroid dienone is 1. The van der Waals surface area contributed by atoms with Crippen molar-refractivity contribution in [2.45, 2.75) is 19.3 Å². The van der Waals surface area contributed by atoms with E-state index in [1.807, 2.05) is 12.1 Å². The molecule has 0 saturated heterocycles. The molecule has 21 heavy (non-hydrogen) atoms. The average molecular weight is 279 g/mol. The zero-order valence-corrected chi connectivity index (χ0v) is 13.1. The molecule has 0 aliphatic carbocycles. The Hall–Kier alpha value is -2.22. The summed E-state index contributed by atoms with van der Waals surface area (Å²) in [5.74, 6) is 0.905. The maximum absolute atomic E-state index is 5.55. The number of anilines is 1. The van der Waals surface area contributed by atoms with Gasteiger partial charge in [-0.3, -0.25) is 0 Å². The zero-order valence-electron chi connectivity index (χ0n) is 13.1. The first kappa shape index (κ1) is 13.7. The van der Waals surface area contributed by atoms with E-state index in [2.05, 4.69) is 62.7 Å². The molecule has 0 saturated carbocycles. The Morgan fingerprint density at radius 1 is 1.00 bits per heavy atom. The second kappa shape index (κ2) is 4.66. The van der Waals surface area contributed by atoms with Gasteiger partial charge in [-0.1, -0.05) is 50.8 Å². The van der Waals surface area contributed by atoms with E-state index in [1.54, 1.807) is 7.11 Å². The normalized spacial score (nSPS) is 16.0. The van der Waals surface area contributed by atoms with Crippen molar-refractivity contribution in [3.05, 3.63) is 60.3 Å². The van der Waals surface area contributed by atoms with Crippen LogP contribution in [0.2, 0.25) is 0 Å². The van der Waals surface area contributed by atoms with Crippen molar-refractivity contribution in [3.63, 3.8) is 0 Å². The van der Waals surface area contributed by atoms with Crippen molar-refractivity contribution in [1.82, 2.24) is 0 Å². The number of hydrogen-bond donors (Lipinski definition) is 0. The summed E-state index contributed by atoms with van der Waals surface area (Å²) in [5.41, 5.74) is 5.95. The van der Waals surface area contributed by atoms with Crippen LogP contribution >= 0.6 is 0 Å². The molecule has 2 nitrogen and oxygen atoms in total. The molecule has 108 valence electrons. The summed E-state index contributed by atoms with van der Waals surface area (Å²) >= 11 is 0. The van der Waals surface area contributed by atoms with E-state index in [4.69, 9.17) is 4.74 Å². The lowest BCUT2D eigenvalue weighted by Gasteiger charge is -2.24. The van der Waals surface area contributed by atoms with Gasteiger partial charge in [-0.2, -0.15) is 0 Å². The van der Waals surface area contributed by atoms with E-state index < -0.39 is 0 Å². The molecule has 2 heteroatoms. The van der Waals surface area contributed by atoms with Crippen LogP contribution in [0.3, 0.4) is 0 Å². The van der Waals surface area contributed by atoms with Gasteiger partial charge in [0.15, 0.2) is 0 Å². The Balaban J connectivity index is 2.31. The maximum atomic E-state index is 5.55. The Kier molecular flexibility index (Phi) is 3.05. The van der Waals surface area contributed by atoms with Gasteiger partial charge in [0.2, 0.25) is 0 Å². The van der Waals surface area contributed by atoms with Gasteiger partial charge < -0.3 is 9.64 Å². The molecule has 0 N–H and O–H groups in total. The van der Waals surface area contributed by atoms with Gasteiger partial charge in [0.1, 0.15) is 5.75 Å². The van der Waals surface area contributed by atoms with Crippen molar-refractivity contribution < 1.29 is 4.74 Å². The molecule has 0 atom stereocenters. The zero-order chi connectivity index (χ0) is 15.2. The first-order chi connectivity index (χ1) is 9.98. The SMILES string of the molecule is C=C1N(C)c2cccc(-c3ccccc3OC)c2C1(C)C. The first-order valence-corrected chi connectivity index (χ1v) is 7.18. The summed E-state index contributed by atoms with van der Waals surface area (Å²) in [6.45, 7) is 8.74. The van der Waals surface area contributed by atoms with Crippen LogP contribution < -0.4 is 9.64 Å². The average Bonchev–Trinajstić information content (AvgIpc) is 2.68. The van der Waals surface area contributed by atoms with Crippen LogP contribution in [0.25, 0.3) is 11.1 Å². The molecule has 0 fully saturated rings. The second-order valence-corrected chi connectivity index (χ2v) is 6.03. The summed E-state index contributed by atoms with van der Waals surface area (Å²) in [5, 5.41) is 0. The number of methoxy groups -OCH3 is 1. The topological polar surface area (TPSA) is 12.5 Å². The van der Waals surface area contributed by atoms with E-state index in [0.29, 0.717) is 0 Å². The molecule has 1 heterocycles. The van der Waals surface area contributed by atoms with E-state index in [9.17, 15) is 0 Å². The van der Waals surface area contributed by atoms with E-state index >= 15 is 0 Å². The number of rotatable bonds is 2. The van der Waals surface area contributed by atoms with Crippen LogP contribution in [0.5, 0.6) is 5.75 Å². The Morgan fingerprint density at radius 3 is 2.38 bits per heavy atom. The third-order valence-electron chi connectivity index (χ3n) is 4.55. The van der Waals surface area contributed by atoms with Crippen LogP contribution in [0, 0.1) is 0 Å². The predicted molar refractivity (Wildman–Crippen MR) is 89.0 cm³/mol. The van der Waals surface area contributed by atoms with Crippen LogP contribution in [0.4, 0.5) is 5.69 Å². The van der Waals surface area contributed by atoms with Crippen molar-refractivity contribution in [2.24, 2.45) is 0 Å². The highest BCUT2D eigenvalue weighted by atomic mass is 16.5. The van der Waals surface area contributed by atoms with Crippen LogP contribution in [0.15, 0.2) is 54.7 Å². The third-order valence-corrected chi connectivity index (χ3v) is 4.55.